The van der Waals surface area contributed by atoms with Gasteiger partial charge in [-0.1, -0.05) is 19.9 Å². The van der Waals surface area contributed by atoms with E-state index < -0.39 is 0 Å². The van der Waals surface area contributed by atoms with Crippen LogP contribution in [0, 0.1) is 0 Å². The molecule has 1 aliphatic heterocycles. The lowest BCUT2D eigenvalue weighted by atomic mass is 10.1. The molecule has 0 saturated carbocycles. The van der Waals surface area contributed by atoms with Crippen LogP contribution < -0.4 is 5.32 Å². The van der Waals surface area contributed by atoms with E-state index in [1.54, 1.807) is 7.11 Å². The molecule has 2 heterocycles. The van der Waals surface area contributed by atoms with Gasteiger partial charge in [0.1, 0.15) is 11.5 Å². The SMILES string of the molecule is COCC1=CCN(Cc2ccc(CNC(C)C)o2)CC1. The zero-order valence-corrected chi connectivity index (χ0v) is 12.8. The van der Waals surface area contributed by atoms with Crippen molar-refractivity contribution in [3.05, 3.63) is 35.3 Å². The molecule has 0 spiro atoms. The third kappa shape index (κ3) is 4.78. The van der Waals surface area contributed by atoms with Gasteiger partial charge in [0.15, 0.2) is 0 Å². The molecular weight excluding hydrogens is 252 g/mol. The van der Waals surface area contributed by atoms with E-state index in [-0.39, 0.29) is 0 Å². The molecule has 0 aliphatic carbocycles. The first kappa shape index (κ1) is 15.3. The first-order valence-corrected chi connectivity index (χ1v) is 7.37. The molecule has 4 heteroatoms. The van der Waals surface area contributed by atoms with E-state index in [1.165, 1.54) is 5.57 Å². The van der Waals surface area contributed by atoms with E-state index in [0.29, 0.717) is 6.04 Å². The molecule has 1 aliphatic rings. The van der Waals surface area contributed by atoms with Crippen LogP contribution >= 0.6 is 0 Å². The molecule has 0 saturated heterocycles. The molecule has 0 bridgehead atoms. The zero-order chi connectivity index (χ0) is 14.4. The largest absolute Gasteiger partial charge is 0.463 e. The molecule has 0 aromatic carbocycles. The van der Waals surface area contributed by atoms with E-state index in [2.05, 4.69) is 42.3 Å². The van der Waals surface area contributed by atoms with Crippen molar-refractivity contribution < 1.29 is 9.15 Å². The normalized spacial score (nSPS) is 16.7. The summed E-state index contributed by atoms with van der Waals surface area (Å²) in [5, 5.41) is 3.37. The summed E-state index contributed by atoms with van der Waals surface area (Å²) in [5.41, 5.74) is 1.41. The minimum Gasteiger partial charge on any atom is -0.463 e. The van der Waals surface area contributed by atoms with Crippen LogP contribution in [-0.2, 0) is 17.8 Å². The standard InChI is InChI=1S/C16H26N2O2/c1-13(2)17-10-15-4-5-16(20-15)11-18-8-6-14(7-9-18)12-19-3/h4-6,13,17H,7-12H2,1-3H3. The fourth-order valence-corrected chi connectivity index (χ4v) is 2.34. The van der Waals surface area contributed by atoms with Crippen LogP contribution in [-0.4, -0.2) is 37.7 Å². The predicted octanol–water partition coefficient (Wildman–Crippen LogP) is 2.56. The van der Waals surface area contributed by atoms with Crippen LogP contribution in [0.3, 0.4) is 0 Å². The second kappa shape index (κ2) is 7.62. The summed E-state index contributed by atoms with van der Waals surface area (Å²) < 4.78 is 11.0. The van der Waals surface area contributed by atoms with Gasteiger partial charge in [0.2, 0.25) is 0 Å². The molecule has 0 amide bonds. The topological polar surface area (TPSA) is 37.6 Å². The number of hydrogen-bond donors (Lipinski definition) is 1. The Kier molecular flexibility index (Phi) is 5.83. The number of furan rings is 1. The Morgan fingerprint density at radius 3 is 2.80 bits per heavy atom. The van der Waals surface area contributed by atoms with Gasteiger partial charge in [-0.05, 0) is 24.1 Å². The van der Waals surface area contributed by atoms with Gasteiger partial charge in [0.05, 0.1) is 19.7 Å². The molecule has 112 valence electrons. The van der Waals surface area contributed by atoms with Gasteiger partial charge in [0.25, 0.3) is 0 Å². The molecule has 0 radical (unpaired) electrons. The fourth-order valence-electron chi connectivity index (χ4n) is 2.34. The molecule has 0 fully saturated rings. The molecule has 20 heavy (non-hydrogen) atoms. The van der Waals surface area contributed by atoms with Crippen molar-refractivity contribution in [2.75, 3.05) is 26.8 Å². The molecule has 1 aromatic heterocycles. The van der Waals surface area contributed by atoms with Gasteiger partial charge in [-0.2, -0.15) is 0 Å². The summed E-state index contributed by atoms with van der Waals surface area (Å²) in [4.78, 5) is 2.40. The highest BCUT2D eigenvalue weighted by atomic mass is 16.5. The Morgan fingerprint density at radius 2 is 2.15 bits per heavy atom. The lowest BCUT2D eigenvalue weighted by Crippen LogP contribution is -2.28. The van der Waals surface area contributed by atoms with E-state index >= 15 is 0 Å². The maximum Gasteiger partial charge on any atom is 0.118 e. The third-order valence-electron chi connectivity index (χ3n) is 3.50. The number of rotatable bonds is 7. The first-order valence-electron chi connectivity index (χ1n) is 7.37. The van der Waals surface area contributed by atoms with Crippen molar-refractivity contribution >= 4 is 0 Å². The van der Waals surface area contributed by atoms with Gasteiger partial charge in [-0.15, -0.1) is 0 Å². The van der Waals surface area contributed by atoms with Gasteiger partial charge >= 0.3 is 0 Å². The number of hydrogen-bond acceptors (Lipinski definition) is 4. The third-order valence-corrected chi connectivity index (χ3v) is 3.50. The Labute approximate surface area is 121 Å². The van der Waals surface area contributed by atoms with Crippen molar-refractivity contribution in [3.8, 4) is 0 Å². The van der Waals surface area contributed by atoms with Crippen LogP contribution in [0.4, 0.5) is 0 Å². The number of nitrogens with one attached hydrogen (secondary N) is 1. The molecule has 1 aromatic rings. The smallest absolute Gasteiger partial charge is 0.118 e. The van der Waals surface area contributed by atoms with Crippen LogP contribution in [0.15, 0.2) is 28.2 Å². The van der Waals surface area contributed by atoms with Crippen LogP contribution in [0.25, 0.3) is 0 Å². The van der Waals surface area contributed by atoms with Crippen molar-refractivity contribution in [1.82, 2.24) is 10.2 Å². The van der Waals surface area contributed by atoms with Crippen LogP contribution in [0.5, 0.6) is 0 Å². The predicted molar refractivity (Wildman–Crippen MR) is 80.5 cm³/mol. The monoisotopic (exact) mass is 278 g/mol. The lowest BCUT2D eigenvalue weighted by molar-refractivity contribution is 0.206. The highest BCUT2D eigenvalue weighted by Crippen LogP contribution is 2.16. The summed E-state index contributed by atoms with van der Waals surface area (Å²) in [6, 6.07) is 4.64. The summed E-state index contributed by atoms with van der Waals surface area (Å²) >= 11 is 0. The molecular formula is C16H26N2O2. The second-order valence-corrected chi connectivity index (χ2v) is 5.68. The molecule has 0 atom stereocenters. The maximum absolute atomic E-state index is 5.86. The second-order valence-electron chi connectivity index (χ2n) is 5.68. The quantitative estimate of drug-likeness (QED) is 0.778. The number of ether oxygens (including phenoxy) is 1. The summed E-state index contributed by atoms with van der Waals surface area (Å²) in [6.45, 7) is 8.80. The fraction of sp³-hybridized carbons (Fsp3) is 0.625. The van der Waals surface area contributed by atoms with E-state index in [9.17, 15) is 0 Å². The number of methoxy groups -OCH3 is 1. The number of nitrogens with zero attached hydrogens (tertiary/aromatic N) is 1. The summed E-state index contributed by atoms with van der Waals surface area (Å²) in [7, 11) is 1.75. The zero-order valence-electron chi connectivity index (χ0n) is 12.8. The average molecular weight is 278 g/mol. The maximum atomic E-state index is 5.86. The summed E-state index contributed by atoms with van der Waals surface area (Å²) in [5.74, 6) is 2.07. The van der Waals surface area contributed by atoms with Crippen molar-refractivity contribution in [1.29, 1.82) is 0 Å². The average Bonchev–Trinajstić information content (AvgIpc) is 2.87. The molecule has 2 rings (SSSR count). The van der Waals surface area contributed by atoms with Crippen molar-refractivity contribution in [2.24, 2.45) is 0 Å². The summed E-state index contributed by atoms with van der Waals surface area (Å²) in [6.07, 6.45) is 3.37. The van der Waals surface area contributed by atoms with Crippen molar-refractivity contribution in [3.63, 3.8) is 0 Å². The van der Waals surface area contributed by atoms with Gasteiger partial charge in [-0.25, -0.2) is 0 Å². The van der Waals surface area contributed by atoms with Gasteiger partial charge < -0.3 is 14.5 Å². The highest BCUT2D eigenvalue weighted by Gasteiger charge is 2.13. The highest BCUT2D eigenvalue weighted by molar-refractivity contribution is 5.10. The van der Waals surface area contributed by atoms with Crippen LogP contribution in [0.1, 0.15) is 31.8 Å². The van der Waals surface area contributed by atoms with E-state index in [4.69, 9.17) is 9.15 Å². The minimum absolute atomic E-state index is 0.481. The van der Waals surface area contributed by atoms with Gasteiger partial charge in [0, 0.05) is 26.2 Å². The van der Waals surface area contributed by atoms with Gasteiger partial charge in [-0.3, -0.25) is 4.90 Å². The minimum atomic E-state index is 0.481. The first-order chi connectivity index (χ1) is 9.67. The Hall–Kier alpha value is -1.10. The molecule has 1 N–H and O–H groups in total. The Morgan fingerprint density at radius 1 is 1.35 bits per heavy atom. The Bertz CT molecular complexity index is 437. The van der Waals surface area contributed by atoms with Crippen molar-refractivity contribution in [2.45, 2.75) is 39.4 Å². The molecule has 0 unspecified atom stereocenters. The lowest BCUT2D eigenvalue weighted by Gasteiger charge is -2.25. The Balaban J connectivity index is 1.79. The molecule has 4 nitrogen and oxygen atoms in total. The van der Waals surface area contributed by atoms with E-state index in [0.717, 1.165) is 50.7 Å². The van der Waals surface area contributed by atoms with Crippen LogP contribution in [0.2, 0.25) is 0 Å². The van der Waals surface area contributed by atoms with E-state index in [1.807, 2.05) is 0 Å².